The molecule has 174 valence electrons. The highest BCUT2D eigenvalue weighted by atomic mass is 35.5. The molecule has 0 fully saturated rings. The average molecular weight is 487 g/mol. The number of hydrogen-bond donors (Lipinski definition) is 1. The summed E-state index contributed by atoms with van der Waals surface area (Å²) in [6.07, 6.45) is 0. The number of carbonyl (C=O) groups excluding carboxylic acids is 1. The SMILES string of the molecule is Cc1ccc(N(CC(=O)NCCOc2ccc(C)c(Cl)c2)S(=O)(=O)c2ccc(C)cc2)cc1. The van der Waals surface area contributed by atoms with E-state index in [0.29, 0.717) is 16.5 Å². The first-order valence-electron chi connectivity index (χ1n) is 10.5. The maximum Gasteiger partial charge on any atom is 0.264 e. The van der Waals surface area contributed by atoms with Crippen molar-refractivity contribution in [3.8, 4) is 5.75 Å². The van der Waals surface area contributed by atoms with Gasteiger partial charge >= 0.3 is 0 Å². The van der Waals surface area contributed by atoms with Crippen molar-refractivity contribution in [2.24, 2.45) is 0 Å². The predicted molar refractivity (Wildman–Crippen MR) is 132 cm³/mol. The van der Waals surface area contributed by atoms with Gasteiger partial charge in [0.05, 0.1) is 17.1 Å². The molecule has 1 amide bonds. The molecule has 0 saturated heterocycles. The van der Waals surface area contributed by atoms with Crippen LogP contribution in [-0.4, -0.2) is 34.0 Å². The number of benzene rings is 3. The number of halogens is 1. The van der Waals surface area contributed by atoms with E-state index < -0.39 is 15.9 Å². The monoisotopic (exact) mass is 486 g/mol. The Morgan fingerprint density at radius 2 is 1.55 bits per heavy atom. The standard InChI is InChI=1S/C25H27ClN2O4S/c1-18-4-9-21(10-5-18)28(33(30,31)23-12-6-19(2)7-13-23)17-25(29)27-14-15-32-22-11-8-20(3)24(26)16-22/h4-13,16H,14-15,17H2,1-3H3,(H,27,29). The van der Waals surface area contributed by atoms with Crippen molar-refractivity contribution in [1.29, 1.82) is 0 Å². The van der Waals surface area contributed by atoms with Crippen LogP contribution < -0.4 is 14.4 Å². The normalized spacial score (nSPS) is 11.2. The lowest BCUT2D eigenvalue weighted by molar-refractivity contribution is -0.119. The van der Waals surface area contributed by atoms with Gasteiger partial charge in [0.15, 0.2) is 0 Å². The van der Waals surface area contributed by atoms with Crippen molar-refractivity contribution in [3.05, 3.63) is 88.4 Å². The van der Waals surface area contributed by atoms with Crippen LogP contribution in [0.15, 0.2) is 71.6 Å². The van der Waals surface area contributed by atoms with Crippen LogP contribution in [0.1, 0.15) is 16.7 Å². The lowest BCUT2D eigenvalue weighted by Gasteiger charge is -2.24. The van der Waals surface area contributed by atoms with Gasteiger partial charge in [0.2, 0.25) is 5.91 Å². The van der Waals surface area contributed by atoms with Crippen LogP contribution >= 0.6 is 11.6 Å². The Kier molecular flexibility index (Phi) is 8.00. The second-order valence-electron chi connectivity index (χ2n) is 7.77. The van der Waals surface area contributed by atoms with E-state index in [2.05, 4.69) is 5.32 Å². The summed E-state index contributed by atoms with van der Waals surface area (Å²) < 4.78 is 33.4. The summed E-state index contributed by atoms with van der Waals surface area (Å²) in [4.78, 5) is 12.8. The average Bonchev–Trinajstić information content (AvgIpc) is 2.78. The zero-order chi connectivity index (χ0) is 24.0. The molecule has 1 N–H and O–H groups in total. The Bertz CT molecular complexity index is 1210. The number of carbonyl (C=O) groups is 1. The van der Waals surface area contributed by atoms with Gasteiger partial charge in [-0.05, 0) is 62.7 Å². The van der Waals surface area contributed by atoms with E-state index in [4.69, 9.17) is 16.3 Å². The Morgan fingerprint density at radius 3 is 2.15 bits per heavy atom. The van der Waals surface area contributed by atoms with Crippen molar-refractivity contribution >= 4 is 33.2 Å². The van der Waals surface area contributed by atoms with Crippen LogP contribution in [0.3, 0.4) is 0 Å². The number of amides is 1. The highest BCUT2D eigenvalue weighted by Gasteiger charge is 2.27. The number of hydrogen-bond acceptors (Lipinski definition) is 4. The van der Waals surface area contributed by atoms with E-state index in [9.17, 15) is 13.2 Å². The Hall–Kier alpha value is -3.03. The van der Waals surface area contributed by atoms with Gasteiger partial charge in [-0.1, -0.05) is 53.1 Å². The highest BCUT2D eigenvalue weighted by Crippen LogP contribution is 2.24. The fourth-order valence-electron chi connectivity index (χ4n) is 3.07. The molecule has 0 heterocycles. The van der Waals surface area contributed by atoms with E-state index in [0.717, 1.165) is 21.0 Å². The van der Waals surface area contributed by atoms with Gasteiger partial charge in [-0.2, -0.15) is 0 Å². The molecular weight excluding hydrogens is 460 g/mol. The molecule has 0 aliphatic heterocycles. The number of nitrogens with one attached hydrogen (secondary N) is 1. The molecule has 0 unspecified atom stereocenters. The van der Waals surface area contributed by atoms with Crippen LogP contribution in [0.5, 0.6) is 5.75 Å². The molecule has 0 aliphatic carbocycles. The smallest absolute Gasteiger partial charge is 0.264 e. The van der Waals surface area contributed by atoms with Gasteiger partial charge in [-0.3, -0.25) is 9.10 Å². The minimum Gasteiger partial charge on any atom is -0.492 e. The molecular formula is C25H27ClN2O4S. The van der Waals surface area contributed by atoms with Gasteiger partial charge in [-0.25, -0.2) is 8.42 Å². The summed E-state index contributed by atoms with van der Waals surface area (Å²) in [6.45, 7) is 5.79. The van der Waals surface area contributed by atoms with Crippen molar-refractivity contribution in [3.63, 3.8) is 0 Å². The molecule has 0 aliphatic rings. The number of nitrogens with zero attached hydrogens (tertiary/aromatic N) is 1. The van der Waals surface area contributed by atoms with Gasteiger partial charge < -0.3 is 10.1 Å². The minimum atomic E-state index is -3.93. The van der Waals surface area contributed by atoms with Gasteiger partial charge in [0, 0.05) is 5.02 Å². The molecule has 0 aromatic heterocycles. The van der Waals surface area contributed by atoms with Crippen molar-refractivity contribution in [2.45, 2.75) is 25.7 Å². The van der Waals surface area contributed by atoms with E-state index in [1.54, 1.807) is 48.5 Å². The Balaban J connectivity index is 1.69. The van der Waals surface area contributed by atoms with Crippen molar-refractivity contribution in [2.75, 3.05) is 24.0 Å². The number of anilines is 1. The first kappa shape index (κ1) is 24.6. The summed E-state index contributed by atoms with van der Waals surface area (Å²) in [6, 6.07) is 18.9. The zero-order valence-electron chi connectivity index (χ0n) is 18.8. The van der Waals surface area contributed by atoms with E-state index in [-0.39, 0.29) is 24.6 Å². The van der Waals surface area contributed by atoms with E-state index in [1.807, 2.05) is 39.0 Å². The highest BCUT2D eigenvalue weighted by molar-refractivity contribution is 7.92. The molecule has 3 aromatic carbocycles. The van der Waals surface area contributed by atoms with Gasteiger partial charge in [-0.15, -0.1) is 0 Å². The quantitative estimate of drug-likeness (QED) is 0.446. The molecule has 3 rings (SSSR count). The number of ether oxygens (including phenoxy) is 1. The lowest BCUT2D eigenvalue weighted by atomic mass is 10.2. The molecule has 0 atom stereocenters. The second-order valence-corrected chi connectivity index (χ2v) is 10.0. The number of sulfonamides is 1. The Labute approximate surface area is 200 Å². The third-order valence-electron chi connectivity index (χ3n) is 5.05. The molecule has 8 heteroatoms. The Morgan fingerprint density at radius 1 is 0.939 bits per heavy atom. The topological polar surface area (TPSA) is 75.7 Å². The molecule has 0 bridgehead atoms. The second kappa shape index (κ2) is 10.7. The largest absolute Gasteiger partial charge is 0.492 e. The van der Waals surface area contributed by atoms with Gasteiger partial charge in [0.25, 0.3) is 10.0 Å². The van der Waals surface area contributed by atoms with E-state index in [1.165, 1.54) is 0 Å². The minimum absolute atomic E-state index is 0.126. The van der Waals surface area contributed by atoms with Crippen molar-refractivity contribution < 1.29 is 17.9 Å². The first-order valence-corrected chi connectivity index (χ1v) is 12.3. The van der Waals surface area contributed by atoms with Crippen LogP contribution in [0.2, 0.25) is 5.02 Å². The van der Waals surface area contributed by atoms with Gasteiger partial charge in [0.1, 0.15) is 18.9 Å². The molecule has 33 heavy (non-hydrogen) atoms. The number of aryl methyl sites for hydroxylation is 3. The summed E-state index contributed by atoms with van der Waals surface area (Å²) in [5.41, 5.74) is 3.30. The first-order chi connectivity index (χ1) is 15.7. The van der Waals surface area contributed by atoms with Crippen LogP contribution in [0.4, 0.5) is 5.69 Å². The van der Waals surface area contributed by atoms with Crippen LogP contribution in [0, 0.1) is 20.8 Å². The summed E-state index contributed by atoms with van der Waals surface area (Å²) in [5.74, 6) is 0.167. The zero-order valence-corrected chi connectivity index (χ0v) is 20.4. The summed E-state index contributed by atoms with van der Waals surface area (Å²) >= 11 is 6.09. The molecule has 0 spiro atoms. The maximum absolute atomic E-state index is 13.3. The third kappa shape index (κ3) is 6.49. The fraction of sp³-hybridized carbons (Fsp3) is 0.240. The fourth-order valence-corrected chi connectivity index (χ4v) is 4.66. The lowest BCUT2D eigenvalue weighted by Crippen LogP contribution is -2.41. The van der Waals surface area contributed by atoms with Crippen LogP contribution in [-0.2, 0) is 14.8 Å². The van der Waals surface area contributed by atoms with E-state index >= 15 is 0 Å². The molecule has 0 radical (unpaired) electrons. The molecule has 3 aromatic rings. The van der Waals surface area contributed by atoms with Crippen molar-refractivity contribution in [1.82, 2.24) is 5.32 Å². The number of rotatable bonds is 9. The maximum atomic E-state index is 13.3. The van der Waals surface area contributed by atoms with Crippen LogP contribution in [0.25, 0.3) is 0 Å². The summed E-state index contributed by atoms with van der Waals surface area (Å²) in [5, 5.41) is 3.32. The molecule has 0 saturated carbocycles. The molecule has 6 nitrogen and oxygen atoms in total. The summed E-state index contributed by atoms with van der Waals surface area (Å²) in [7, 11) is -3.93. The third-order valence-corrected chi connectivity index (χ3v) is 7.25. The predicted octanol–water partition coefficient (Wildman–Crippen LogP) is 4.66.